The minimum absolute atomic E-state index is 0.0215. The van der Waals surface area contributed by atoms with E-state index < -0.39 is 0 Å². The van der Waals surface area contributed by atoms with Gasteiger partial charge >= 0.3 is 0 Å². The Morgan fingerprint density at radius 1 is 1.09 bits per heavy atom. The highest BCUT2D eigenvalue weighted by atomic mass is 32.1. The third kappa shape index (κ3) is 2.62. The number of pyridine rings is 1. The van der Waals surface area contributed by atoms with Crippen LogP contribution < -0.4 is 5.32 Å². The van der Waals surface area contributed by atoms with Gasteiger partial charge in [0.2, 0.25) is 0 Å². The van der Waals surface area contributed by atoms with E-state index in [1.54, 1.807) is 35.1 Å². The van der Waals surface area contributed by atoms with E-state index in [1.165, 1.54) is 19.5 Å². The van der Waals surface area contributed by atoms with Crippen molar-refractivity contribution in [2.45, 2.75) is 13.0 Å². The maximum Gasteiger partial charge on any atom is 0.261 e. The van der Waals surface area contributed by atoms with Crippen molar-refractivity contribution in [2.24, 2.45) is 0 Å². The first kappa shape index (κ1) is 14.4. The van der Waals surface area contributed by atoms with Gasteiger partial charge in [-0.15, -0.1) is 22.7 Å². The summed E-state index contributed by atoms with van der Waals surface area (Å²) >= 11 is 3.30. The quantitative estimate of drug-likeness (QED) is 0.571. The maximum atomic E-state index is 12.5. The monoisotopic (exact) mass is 338 g/mol. The molecule has 0 radical (unpaired) electrons. The molecule has 3 aromatic heterocycles. The summed E-state index contributed by atoms with van der Waals surface area (Å²) in [4.78, 5) is 17.3. The number of rotatable bonds is 3. The lowest BCUT2D eigenvalue weighted by Gasteiger charge is -2.13. The van der Waals surface area contributed by atoms with Gasteiger partial charge < -0.3 is 5.32 Å². The molecular weight excluding hydrogens is 324 g/mol. The number of nitrogens with one attached hydrogen (secondary N) is 1. The van der Waals surface area contributed by atoms with Crippen LogP contribution in [0, 0.1) is 0 Å². The van der Waals surface area contributed by atoms with E-state index in [0.717, 1.165) is 10.4 Å². The molecule has 5 heteroatoms. The van der Waals surface area contributed by atoms with E-state index in [9.17, 15) is 4.79 Å². The Hall–Kier alpha value is -2.24. The van der Waals surface area contributed by atoms with Crippen LogP contribution in [0.2, 0.25) is 0 Å². The highest BCUT2D eigenvalue weighted by molar-refractivity contribution is 7.33. The second kappa shape index (κ2) is 5.76. The Bertz CT molecular complexity index is 988. The molecular formula is C18H14N2OS2. The first-order valence-corrected chi connectivity index (χ1v) is 8.97. The van der Waals surface area contributed by atoms with Gasteiger partial charge in [0.15, 0.2) is 0 Å². The van der Waals surface area contributed by atoms with Crippen molar-refractivity contribution in [3.8, 4) is 0 Å². The Balaban J connectivity index is 1.62. The molecule has 114 valence electrons. The normalized spacial score (nSPS) is 12.6. The fourth-order valence-corrected chi connectivity index (χ4v) is 5.04. The Morgan fingerprint density at radius 3 is 2.70 bits per heavy atom. The summed E-state index contributed by atoms with van der Waals surface area (Å²) in [6.07, 6.45) is 3.48. The topological polar surface area (TPSA) is 42.0 Å². The first-order valence-electron chi connectivity index (χ1n) is 7.34. The van der Waals surface area contributed by atoms with Crippen LogP contribution in [-0.4, -0.2) is 10.9 Å². The molecule has 1 unspecified atom stereocenters. The third-order valence-corrected chi connectivity index (χ3v) is 6.24. The van der Waals surface area contributed by atoms with Gasteiger partial charge in [0, 0.05) is 27.2 Å². The molecule has 1 atom stereocenters. The van der Waals surface area contributed by atoms with Crippen molar-refractivity contribution >= 4 is 48.1 Å². The standard InChI is InChI=1S/C18H14N2OS2/c1-11(12-6-8-19-9-7-12)20-18(21)16-10-15-17(23-16)13-4-2-3-5-14(13)22-15/h2-11H,1H3,(H,20,21). The molecule has 1 amide bonds. The molecule has 1 aromatic carbocycles. The number of fused-ring (bicyclic) bond motifs is 3. The molecule has 0 bridgehead atoms. The summed E-state index contributed by atoms with van der Waals surface area (Å²) in [5.41, 5.74) is 1.05. The number of carbonyl (C=O) groups is 1. The van der Waals surface area contributed by atoms with Crippen LogP contribution in [-0.2, 0) is 0 Å². The number of benzene rings is 1. The minimum atomic E-state index is -0.0395. The molecule has 23 heavy (non-hydrogen) atoms. The number of hydrogen-bond acceptors (Lipinski definition) is 4. The molecule has 3 heterocycles. The van der Waals surface area contributed by atoms with Gasteiger partial charge in [-0.05, 0) is 36.8 Å². The molecule has 4 aromatic rings. The fourth-order valence-electron chi connectivity index (χ4n) is 2.61. The van der Waals surface area contributed by atoms with Crippen molar-refractivity contribution in [3.63, 3.8) is 0 Å². The number of nitrogens with zero attached hydrogens (tertiary/aromatic N) is 1. The molecule has 0 fully saturated rings. The van der Waals surface area contributed by atoms with Gasteiger partial charge in [-0.25, -0.2) is 0 Å². The van der Waals surface area contributed by atoms with E-state index in [0.29, 0.717) is 0 Å². The SMILES string of the molecule is CC(NC(=O)c1cc2sc3ccccc3c2s1)c1ccncc1. The summed E-state index contributed by atoms with van der Waals surface area (Å²) in [6.45, 7) is 1.98. The van der Waals surface area contributed by atoms with Crippen molar-refractivity contribution in [3.05, 3.63) is 65.3 Å². The Kier molecular flexibility index (Phi) is 3.59. The van der Waals surface area contributed by atoms with Gasteiger partial charge in [0.05, 0.1) is 15.6 Å². The van der Waals surface area contributed by atoms with E-state index >= 15 is 0 Å². The van der Waals surface area contributed by atoms with E-state index in [2.05, 4.69) is 22.4 Å². The van der Waals surface area contributed by atoms with Crippen molar-refractivity contribution in [1.29, 1.82) is 0 Å². The average Bonchev–Trinajstić information content (AvgIpc) is 3.13. The summed E-state index contributed by atoms with van der Waals surface area (Å²) in [5, 5.41) is 4.29. The summed E-state index contributed by atoms with van der Waals surface area (Å²) < 4.78 is 3.65. The van der Waals surface area contributed by atoms with Crippen LogP contribution in [0.3, 0.4) is 0 Å². The zero-order valence-corrected chi connectivity index (χ0v) is 14.1. The van der Waals surface area contributed by atoms with Crippen LogP contribution in [0.25, 0.3) is 19.5 Å². The van der Waals surface area contributed by atoms with Crippen LogP contribution in [0.5, 0.6) is 0 Å². The fraction of sp³-hybridized carbons (Fsp3) is 0.111. The predicted molar refractivity (Wildman–Crippen MR) is 97.3 cm³/mol. The molecule has 0 aliphatic rings. The maximum absolute atomic E-state index is 12.5. The molecule has 0 saturated heterocycles. The van der Waals surface area contributed by atoms with Gasteiger partial charge in [0.25, 0.3) is 5.91 Å². The zero-order valence-electron chi connectivity index (χ0n) is 12.4. The molecule has 4 rings (SSSR count). The zero-order chi connectivity index (χ0) is 15.8. The van der Waals surface area contributed by atoms with Crippen molar-refractivity contribution in [1.82, 2.24) is 10.3 Å². The number of aromatic nitrogens is 1. The van der Waals surface area contributed by atoms with Crippen molar-refractivity contribution < 1.29 is 4.79 Å². The highest BCUT2D eigenvalue weighted by Gasteiger charge is 2.16. The van der Waals surface area contributed by atoms with Crippen LogP contribution in [0.4, 0.5) is 0 Å². The van der Waals surface area contributed by atoms with Gasteiger partial charge in [0.1, 0.15) is 0 Å². The van der Waals surface area contributed by atoms with Crippen LogP contribution >= 0.6 is 22.7 Å². The Morgan fingerprint density at radius 2 is 1.87 bits per heavy atom. The summed E-state index contributed by atoms with van der Waals surface area (Å²) in [6, 6.07) is 14.1. The number of carbonyl (C=O) groups excluding carboxylic acids is 1. The second-order valence-electron chi connectivity index (χ2n) is 5.38. The minimum Gasteiger partial charge on any atom is -0.345 e. The smallest absolute Gasteiger partial charge is 0.261 e. The van der Waals surface area contributed by atoms with Gasteiger partial charge in [-0.2, -0.15) is 0 Å². The largest absolute Gasteiger partial charge is 0.345 e. The van der Waals surface area contributed by atoms with Gasteiger partial charge in [-0.1, -0.05) is 18.2 Å². The third-order valence-electron chi connectivity index (χ3n) is 3.83. The average molecular weight is 338 g/mol. The molecule has 0 spiro atoms. The Labute approximate surface area is 141 Å². The van der Waals surface area contributed by atoms with E-state index in [1.807, 2.05) is 37.3 Å². The molecule has 0 aliphatic heterocycles. The van der Waals surface area contributed by atoms with Crippen LogP contribution in [0.1, 0.15) is 28.2 Å². The molecule has 0 aliphatic carbocycles. The summed E-state index contributed by atoms with van der Waals surface area (Å²) in [5.74, 6) is -0.0215. The van der Waals surface area contributed by atoms with Crippen molar-refractivity contribution in [2.75, 3.05) is 0 Å². The lowest BCUT2D eigenvalue weighted by atomic mass is 10.1. The summed E-state index contributed by atoms with van der Waals surface area (Å²) in [7, 11) is 0. The highest BCUT2D eigenvalue weighted by Crippen LogP contribution is 2.39. The lowest BCUT2D eigenvalue weighted by Crippen LogP contribution is -2.25. The molecule has 3 nitrogen and oxygen atoms in total. The van der Waals surface area contributed by atoms with E-state index in [-0.39, 0.29) is 11.9 Å². The molecule has 0 saturated carbocycles. The van der Waals surface area contributed by atoms with Gasteiger partial charge in [-0.3, -0.25) is 9.78 Å². The first-order chi connectivity index (χ1) is 11.2. The lowest BCUT2D eigenvalue weighted by molar-refractivity contribution is 0.0944. The molecule has 1 N–H and O–H groups in total. The van der Waals surface area contributed by atoms with E-state index in [4.69, 9.17) is 0 Å². The number of thiophene rings is 2. The second-order valence-corrected chi connectivity index (χ2v) is 7.51. The van der Waals surface area contributed by atoms with Crippen LogP contribution in [0.15, 0.2) is 54.9 Å². The number of hydrogen-bond donors (Lipinski definition) is 1. The predicted octanol–water partition coefficient (Wildman–Crippen LogP) is 5.00. The number of amides is 1.